The van der Waals surface area contributed by atoms with Crippen LogP contribution in [-0.2, 0) is 6.42 Å². The Bertz CT molecular complexity index is 409. The Kier molecular flexibility index (Phi) is 11.8. The van der Waals surface area contributed by atoms with Gasteiger partial charge in [-0.1, -0.05) is 30.7 Å². The number of aliphatic imine (C=N–C) groups is 1. The van der Waals surface area contributed by atoms with Gasteiger partial charge in [-0.25, -0.2) is 0 Å². The number of rotatable bonds is 7. The van der Waals surface area contributed by atoms with Crippen molar-refractivity contribution < 1.29 is 0 Å². The average molecular weight is 425 g/mol. The Labute approximate surface area is 150 Å². The first-order valence-electron chi connectivity index (χ1n) is 7.03. The van der Waals surface area contributed by atoms with Crippen LogP contribution in [0.1, 0.15) is 12.5 Å². The van der Waals surface area contributed by atoms with Gasteiger partial charge in [0.1, 0.15) is 0 Å². The molecule has 0 heterocycles. The SMILES string of the molecule is CCN(C)CCNC(=NC)NCCc1ccc(Cl)cc1.I. The third-order valence-electron chi connectivity index (χ3n) is 3.17. The maximum atomic E-state index is 5.86. The topological polar surface area (TPSA) is 39.7 Å². The summed E-state index contributed by atoms with van der Waals surface area (Å²) in [7, 11) is 3.90. The Balaban J connectivity index is 0.00000400. The summed E-state index contributed by atoms with van der Waals surface area (Å²) in [5.74, 6) is 0.850. The number of hydrogen-bond donors (Lipinski definition) is 2. The fourth-order valence-electron chi connectivity index (χ4n) is 1.72. The first-order valence-corrected chi connectivity index (χ1v) is 7.41. The predicted octanol–water partition coefficient (Wildman–Crippen LogP) is 2.62. The van der Waals surface area contributed by atoms with Gasteiger partial charge < -0.3 is 15.5 Å². The smallest absolute Gasteiger partial charge is 0.191 e. The van der Waals surface area contributed by atoms with Crippen molar-refractivity contribution in [1.82, 2.24) is 15.5 Å². The molecule has 2 N–H and O–H groups in total. The summed E-state index contributed by atoms with van der Waals surface area (Å²) in [5.41, 5.74) is 1.27. The van der Waals surface area contributed by atoms with Crippen molar-refractivity contribution in [2.75, 3.05) is 40.3 Å². The van der Waals surface area contributed by atoms with Crippen LogP contribution in [0.3, 0.4) is 0 Å². The molecule has 0 aromatic heterocycles. The molecule has 120 valence electrons. The van der Waals surface area contributed by atoms with Crippen molar-refractivity contribution in [3.63, 3.8) is 0 Å². The molecule has 0 unspecified atom stereocenters. The molecule has 0 saturated heterocycles. The zero-order valence-corrected chi connectivity index (χ0v) is 16.1. The van der Waals surface area contributed by atoms with E-state index in [2.05, 4.69) is 46.6 Å². The van der Waals surface area contributed by atoms with Crippen LogP contribution in [0.25, 0.3) is 0 Å². The van der Waals surface area contributed by atoms with Gasteiger partial charge in [0.25, 0.3) is 0 Å². The number of likely N-dealkylation sites (N-methyl/N-ethyl adjacent to an activating group) is 1. The third-order valence-corrected chi connectivity index (χ3v) is 3.42. The monoisotopic (exact) mass is 424 g/mol. The molecule has 0 aliphatic heterocycles. The van der Waals surface area contributed by atoms with Crippen LogP contribution in [0, 0.1) is 0 Å². The van der Waals surface area contributed by atoms with Crippen molar-refractivity contribution in [3.8, 4) is 0 Å². The zero-order valence-electron chi connectivity index (χ0n) is 13.0. The number of benzene rings is 1. The molecule has 1 aromatic rings. The quantitative estimate of drug-likeness (QED) is 0.401. The Morgan fingerprint density at radius 2 is 1.81 bits per heavy atom. The first-order chi connectivity index (χ1) is 9.65. The Morgan fingerprint density at radius 1 is 1.19 bits per heavy atom. The molecule has 0 atom stereocenters. The van der Waals surface area contributed by atoms with Crippen LogP contribution in [0.4, 0.5) is 0 Å². The van der Waals surface area contributed by atoms with Crippen molar-refractivity contribution in [1.29, 1.82) is 0 Å². The largest absolute Gasteiger partial charge is 0.356 e. The normalized spacial score (nSPS) is 11.2. The summed E-state index contributed by atoms with van der Waals surface area (Å²) in [5, 5.41) is 7.39. The van der Waals surface area contributed by atoms with E-state index in [4.69, 9.17) is 11.6 Å². The highest BCUT2D eigenvalue weighted by Crippen LogP contribution is 2.09. The Hall–Kier alpha value is -0.530. The second-order valence-electron chi connectivity index (χ2n) is 4.70. The lowest BCUT2D eigenvalue weighted by atomic mass is 10.1. The van der Waals surface area contributed by atoms with E-state index in [1.807, 2.05) is 12.1 Å². The molecule has 0 radical (unpaired) electrons. The van der Waals surface area contributed by atoms with E-state index >= 15 is 0 Å². The average Bonchev–Trinajstić information content (AvgIpc) is 2.47. The summed E-state index contributed by atoms with van der Waals surface area (Å²) in [6.07, 6.45) is 0.951. The summed E-state index contributed by atoms with van der Waals surface area (Å²) in [6, 6.07) is 7.95. The van der Waals surface area contributed by atoms with Gasteiger partial charge in [0.15, 0.2) is 5.96 Å². The number of hydrogen-bond acceptors (Lipinski definition) is 2. The lowest BCUT2D eigenvalue weighted by Gasteiger charge is -2.16. The van der Waals surface area contributed by atoms with Gasteiger partial charge in [0.2, 0.25) is 0 Å². The summed E-state index contributed by atoms with van der Waals surface area (Å²) in [6.45, 7) is 5.97. The molecule has 0 bridgehead atoms. The molecule has 0 amide bonds. The lowest BCUT2D eigenvalue weighted by Crippen LogP contribution is -2.41. The summed E-state index contributed by atoms with van der Waals surface area (Å²) < 4.78 is 0. The van der Waals surface area contributed by atoms with Gasteiger partial charge in [0.05, 0.1) is 0 Å². The van der Waals surface area contributed by atoms with Crippen LogP contribution in [0.2, 0.25) is 5.02 Å². The van der Waals surface area contributed by atoms with Crippen LogP contribution in [0.5, 0.6) is 0 Å². The van der Waals surface area contributed by atoms with Crippen LogP contribution < -0.4 is 10.6 Å². The van der Waals surface area contributed by atoms with Crippen LogP contribution >= 0.6 is 35.6 Å². The van der Waals surface area contributed by atoms with E-state index in [0.717, 1.165) is 43.6 Å². The van der Waals surface area contributed by atoms with Crippen molar-refractivity contribution in [2.45, 2.75) is 13.3 Å². The predicted molar refractivity (Wildman–Crippen MR) is 103 cm³/mol. The fraction of sp³-hybridized carbons (Fsp3) is 0.533. The van der Waals surface area contributed by atoms with E-state index in [-0.39, 0.29) is 24.0 Å². The van der Waals surface area contributed by atoms with E-state index in [9.17, 15) is 0 Å². The van der Waals surface area contributed by atoms with E-state index in [1.54, 1.807) is 7.05 Å². The second kappa shape index (κ2) is 12.1. The van der Waals surface area contributed by atoms with Crippen molar-refractivity contribution in [2.24, 2.45) is 4.99 Å². The number of guanidine groups is 1. The number of halogens is 2. The maximum absolute atomic E-state index is 5.86. The lowest BCUT2D eigenvalue weighted by molar-refractivity contribution is 0.357. The summed E-state index contributed by atoms with van der Waals surface area (Å²) >= 11 is 5.86. The molecule has 0 saturated carbocycles. The van der Waals surface area contributed by atoms with E-state index < -0.39 is 0 Å². The molecular weight excluding hydrogens is 399 g/mol. The van der Waals surface area contributed by atoms with Crippen molar-refractivity contribution in [3.05, 3.63) is 34.9 Å². The standard InChI is InChI=1S/C15H25ClN4.HI/c1-4-20(3)12-11-19-15(17-2)18-10-9-13-5-7-14(16)8-6-13;/h5-8H,4,9-12H2,1-3H3,(H2,17,18,19);1H. The molecule has 0 fully saturated rings. The minimum Gasteiger partial charge on any atom is -0.356 e. The fourth-order valence-corrected chi connectivity index (χ4v) is 1.85. The molecular formula is C15H26ClIN4. The van der Waals surface area contributed by atoms with Gasteiger partial charge in [-0.05, 0) is 37.7 Å². The molecule has 6 heteroatoms. The molecule has 0 aliphatic rings. The van der Waals surface area contributed by atoms with E-state index in [0.29, 0.717) is 0 Å². The van der Waals surface area contributed by atoms with Gasteiger partial charge in [-0.15, -0.1) is 24.0 Å². The van der Waals surface area contributed by atoms with Gasteiger partial charge in [-0.2, -0.15) is 0 Å². The zero-order chi connectivity index (χ0) is 14.8. The number of nitrogens with one attached hydrogen (secondary N) is 2. The molecule has 0 aliphatic carbocycles. The van der Waals surface area contributed by atoms with Gasteiger partial charge in [-0.3, -0.25) is 4.99 Å². The highest BCUT2D eigenvalue weighted by molar-refractivity contribution is 14.0. The molecule has 4 nitrogen and oxygen atoms in total. The first kappa shape index (κ1) is 20.5. The van der Waals surface area contributed by atoms with Crippen molar-refractivity contribution >= 4 is 41.5 Å². The molecule has 1 rings (SSSR count). The molecule has 1 aromatic carbocycles. The van der Waals surface area contributed by atoms with Gasteiger partial charge >= 0.3 is 0 Å². The number of nitrogens with zero attached hydrogens (tertiary/aromatic N) is 2. The molecule has 21 heavy (non-hydrogen) atoms. The van der Waals surface area contributed by atoms with E-state index in [1.165, 1.54) is 5.56 Å². The summed E-state index contributed by atoms with van der Waals surface area (Å²) in [4.78, 5) is 6.47. The Morgan fingerprint density at radius 3 is 2.38 bits per heavy atom. The van der Waals surface area contributed by atoms with Gasteiger partial charge in [0, 0.05) is 31.7 Å². The second-order valence-corrected chi connectivity index (χ2v) is 5.13. The minimum absolute atomic E-state index is 0. The molecule has 0 spiro atoms. The van der Waals surface area contributed by atoms with Crippen LogP contribution in [0.15, 0.2) is 29.3 Å². The highest BCUT2D eigenvalue weighted by Gasteiger charge is 1.99. The maximum Gasteiger partial charge on any atom is 0.191 e. The minimum atomic E-state index is 0. The van der Waals surface area contributed by atoms with Crippen LogP contribution in [-0.4, -0.2) is 51.1 Å². The highest BCUT2D eigenvalue weighted by atomic mass is 127. The third kappa shape index (κ3) is 9.16.